The van der Waals surface area contributed by atoms with Gasteiger partial charge in [-0.1, -0.05) is 13.5 Å². The van der Waals surface area contributed by atoms with Crippen molar-refractivity contribution < 1.29 is 28.5 Å². The second kappa shape index (κ2) is 9.58. The number of hydrogen-bond donors (Lipinski definition) is 2. The Kier molecular flexibility index (Phi) is 7.41. The molecule has 0 fully saturated rings. The average Bonchev–Trinajstić information content (AvgIpc) is 3.02. The molecule has 0 atom stereocenters. The molecular weight excluding hydrogens is 382 g/mol. The zero-order valence-corrected chi connectivity index (χ0v) is 15.2. The van der Waals surface area contributed by atoms with E-state index in [0.717, 1.165) is 12.1 Å². The van der Waals surface area contributed by atoms with Gasteiger partial charge in [0.2, 0.25) is 0 Å². The number of pyridine rings is 1. The van der Waals surface area contributed by atoms with Crippen molar-refractivity contribution in [2.45, 2.75) is 27.4 Å². The van der Waals surface area contributed by atoms with Crippen molar-refractivity contribution in [2.24, 2.45) is 5.92 Å². The quantitative estimate of drug-likeness (QED) is 0.561. The SMILES string of the molecule is C.Cc1nc2c(OCc3c(F)cccc3F)cccn2c1C(=O)CC(CO)CO. The molecule has 2 aromatic heterocycles. The number of carbonyl (C=O) groups excluding carboxylic acids is 1. The van der Waals surface area contributed by atoms with Crippen LogP contribution >= 0.6 is 0 Å². The van der Waals surface area contributed by atoms with Crippen molar-refractivity contribution in [1.29, 1.82) is 0 Å². The number of aromatic nitrogens is 2. The van der Waals surface area contributed by atoms with Gasteiger partial charge in [0, 0.05) is 31.7 Å². The third kappa shape index (κ3) is 4.60. The lowest BCUT2D eigenvalue weighted by Crippen LogP contribution is -2.17. The standard InChI is InChI=1S/C20H20F2N2O4.CH4/c1-12-19(17(27)8-13(9-25)10-26)24-7-3-6-18(20(24)23-12)28-11-14-15(21)4-2-5-16(14)22;/h2-7,13,25-26H,8-11H2,1H3;1H4. The van der Waals surface area contributed by atoms with E-state index in [0.29, 0.717) is 17.0 Å². The van der Waals surface area contributed by atoms with Gasteiger partial charge in [-0.15, -0.1) is 0 Å². The van der Waals surface area contributed by atoms with E-state index in [1.54, 1.807) is 25.3 Å². The van der Waals surface area contributed by atoms with Crippen LogP contribution < -0.4 is 4.74 Å². The van der Waals surface area contributed by atoms with Crippen molar-refractivity contribution in [3.63, 3.8) is 0 Å². The number of fused-ring (bicyclic) bond motifs is 1. The van der Waals surface area contributed by atoms with Gasteiger partial charge >= 0.3 is 0 Å². The Morgan fingerprint density at radius 3 is 2.45 bits per heavy atom. The minimum atomic E-state index is -0.707. The highest BCUT2D eigenvalue weighted by Gasteiger charge is 2.22. The van der Waals surface area contributed by atoms with E-state index in [1.165, 1.54) is 10.5 Å². The summed E-state index contributed by atoms with van der Waals surface area (Å²) in [5.74, 6) is -1.98. The Balaban J connectivity index is 0.00000300. The first kappa shape index (κ1) is 22.4. The van der Waals surface area contributed by atoms with E-state index in [-0.39, 0.29) is 50.8 Å². The number of aliphatic hydroxyl groups excluding tert-OH is 2. The van der Waals surface area contributed by atoms with E-state index in [2.05, 4.69) is 4.98 Å². The highest BCUT2D eigenvalue weighted by molar-refractivity contribution is 5.96. The predicted octanol–water partition coefficient (Wildman–Crippen LogP) is 3.31. The van der Waals surface area contributed by atoms with Crippen LogP contribution in [0.3, 0.4) is 0 Å². The number of ketones is 1. The van der Waals surface area contributed by atoms with Gasteiger partial charge in [0.1, 0.15) is 23.9 Å². The molecule has 2 N–H and O–H groups in total. The fourth-order valence-electron chi connectivity index (χ4n) is 2.97. The number of benzene rings is 1. The summed E-state index contributed by atoms with van der Waals surface area (Å²) in [5.41, 5.74) is 0.902. The average molecular weight is 406 g/mol. The van der Waals surface area contributed by atoms with E-state index in [1.807, 2.05) is 0 Å². The number of nitrogens with zero attached hydrogens (tertiary/aromatic N) is 2. The molecule has 3 aromatic rings. The number of imidazole rings is 1. The summed E-state index contributed by atoms with van der Waals surface area (Å²) in [6, 6.07) is 6.80. The predicted molar refractivity (Wildman–Crippen MR) is 104 cm³/mol. The largest absolute Gasteiger partial charge is 0.485 e. The molecule has 0 amide bonds. The zero-order valence-electron chi connectivity index (χ0n) is 15.2. The Bertz CT molecular complexity index is 980. The molecule has 8 heteroatoms. The number of carbonyl (C=O) groups is 1. The number of hydrogen-bond acceptors (Lipinski definition) is 5. The Labute approximate surface area is 167 Å². The number of halogens is 2. The van der Waals surface area contributed by atoms with Crippen LogP contribution in [0.2, 0.25) is 0 Å². The van der Waals surface area contributed by atoms with Crippen molar-refractivity contribution >= 4 is 11.4 Å². The van der Waals surface area contributed by atoms with Crippen LogP contribution in [0.1, 0.15) is 35.6 Å². The summed E-state index contributed by atoms with van der Waals surface area (Å²) in [7, 11) is 0. The number of aliphatic hydroxyl groups is 2. The molecule has 0 radical (unpaired) electrons. The fraction of sp³-hybridized carbons (Fsp3) is 0.333. The van der Waals surface area contributed by atoms with Gasteiger partial charge in [0.15, 0.2) is 17.2 Å². The molecule has 0 unspecified atom stereocenters. The molecule has 156 valence electrons. The number of rotatable bonds is 8. The maximum Gasteiger partial charge on any atom is 0.181 e. The molecule has 29 heavy (non-hydrogen) atoms. The number of ether oxygens (including phenoxy) is 1. The van der Waals surface area contributed by atoms with E-state index < -0.39 is 17.6 Å². The van der Waals surface area contributed by atoms with Gasteiger partial charge in [-0.05, 0) is 31.2 Å². The molecule has 0 spiro atoms. The van der Waals surface area contributed by atoms with Crippen molar-refractivity contribution in [3.8, 4) is 5.75 Å². The molecule has 0 bridgehead atoms. The van der Waals surface area contributed by atoms with Crippen LogP contribution in [0.4, 0.5) is 8.78 Å². The van der Waals surface area contributed by atoms with Crippen LogP contribution in [-0.4, -0.2) is 38.6 Å². The van der Waals surface area contributed by atoms with Crippen LogP contribution in [-0.2, 0) is 6.61 Å². The van der Waals surface area contributed by atoms with E-state index >= 15 is 0 Å². The second-order valence-electron chi connectivity index (χ2n) is 6.46. The smallest absolute Gasteiger partial charge is 0.181 e. The summed E-state index contributed by atoms with van der Waals surface area (Å²) >= 11 is 0. The first-order chi connectivity index (χ1) is 13.5. The van der Waals surface area contributed by atoms with Gasteiger partial charge in [0.25, 0.3) is 0 Å². The first-order valence-electron chi connectivity index (χ1n) is 8.74. The molecular formula is C21H24F2N2O4. The summed E-state index contributed by atoms with van der Waals surface area (Å²) in [6.45, 7) is 0.721. The molecule has 0 saturated heterocycles. The first-order valence-corrected chi connectivity index (χ1v) is 8.74. The molecule has 1 aromatic carbocycles. The summed E-state index contributed by atoms with van der Waals surface area (Å²) < 4.78 is 34.7. The van der Waals surface area contributed by atoms with Gasteiger partial charge in [-0.25, -0.2) is 13.8 Å². The normalized spacial score (nSPS) is 11.0. The van der Waals surface area contributed by atoms with Gasteiger partial charge in [0.05, 0.1) is 11.3 Å². The third-order valence-corrected chi connectivity index (χ3v) is 4.48. The topological polar surface area (TPSA) is 84.1 Å². The Hall–Kier alpha value is -2.84. The van der Waals surface area contributed by atoms with Crippen LogP contribution in [0.15, 0.2) is 36.5 Å². The molecule has 3 rings (SSSR count). The van der Waals surface area contributed by atoms with Crippen LogP contribution in [0.5, 0.6) is 5.75 Å². The number of aryl methyl sites for hydroxylation is 1. The van der Waals surface area contributed by atoms with Gasteiger partial charge in [-0.3, -0.25) is 9.20 Å². The second-order valence-corrected chi connectivity index (χ2v) is 6.46. The lowest BCUT2D eigenvalue weighted by Gasteiger charge is -2.11. The third-order valence-electron chi connectivity index (χ3n) is 4.48. The number of Topliss-reactive ketones (excluding diaryl/α,β-unsaturated/α-hetero) is 1. The Morgan fingerprint density at radius 2 is 1.83 bits per heavy atom. The molecule has 0 saturated carbocycles. The zero-order chi connectivity index (χ0) is 20.3. The van der Waals surface area contributed by atoms with Crippen LogP contribution in [0.25, 0.3) is 5.65 Å². The molecule has 0 aliphatic heterocycles. The lowest BCUT2D eigenvalue weighted by atomic mass is 10.0. The maximum absolute atomic E-state index is 13.8. The van der Waals surface area contributed by atoms with E-state index in [4.69, 9.17) is 4.74 Å². The highest BCUT2D eigenvalue weighted by atomic mass is 19.1. The maximum atomic E-state index is 13.8. The highest BCUT2D eigenvalue weighted by Crippen LogP contribution is 2.25. The minimum Gasteiger partial charge on any atom is -0.485 e. The molecule has 2 heterocycles. The molecule has 0 aliphatic carbocycles. The summed E-state index contributed by atoms with van der Waals surface area (Å²) in [6.07, 6.45) is 1.60. The monoisotopic (exact) mass is 406 g/mol. The van der Waals surface area contributed by atoms with Gasteiger partial charge < -0.3 is 14.9 Å². The van der Waals surface area contributed by atoms with Gasteiger partial charge in [-0.2, -0.15) is 0 Å². The summed E-state index contributed by atoms with van der Waals surface area (Å²) in [5, 5.41) is 18.4. The Morgan fingerprint density at radius 1 is 1.17 bits per heavy atom. The van der Waals surface area contributed by atoms with Crippen molar-refractivity contribution in [2.75, 3.05) is 13.2 Å². The minimum absolute atomic E-state index is 0. The molecule has 0 aliphatic rings. The lowest BCUT2D eigenvalue weighted by molar-refractivity contribution is 0.0873. The fourth-order valence-corrected chi connectivity index (χ4v) is 2.97. The van der Waals surface area contributed by atoms with Crippen LogP contribution in [0, 0.1) is 24.5 Å². The summed E-state index contributed by atoms with van der Waals surface area (Å²) in [4.78, 5) is 17.0. The van der Waals surface area contributed by atoms with E-state index in [9.17, 15) is 23.8 Å². The van der Waals surface area contributed by atoms with Crippen molar-refractivity contribution in [1.82, 2.24) is 9.38 Å². The van der Waals surface area contributed by atoms with Crippen molar-refractivity contribution in [3.05, 3.63) is 65.1 Å². The molecule has 6 nitrogen and oxygen atoms in total.